The quantitative estimate of drug-likeness (QED) is 0.390. The summed E-state index contributed by atoms with van der Waals surface area (Å²) in [4.78, 5) is 38.6. The number of carbonyl (C=O) groups excluding carboxylic acids is 2. The number of piperidine rings is 1. The van der Waals surface area contributed by atoms with E-state index >= 15 is 0 Å². The maximum absolute atomic E-state index is 13.8. The Bertz CT molecular complexity index is 1280. The molecular weight excluding hydrogens is 453 g/mol. The monoisotopic (exact) mass is 477 g/mol. The summed E-state index contributed by atoms with van der Waals surface area (Å²) in [6, 6.07) is 17.1. The third-order valence-electron chi connectivity index (χ3n) is 6.11. The smallest absolute Gasteiger partial charge is 0.306 e. The van der Waals surface area contributed by atoms with E-state index < -0.39 is 34.3 Å². The standard InChI is InChI=1S/C26H24FN3O5/c1-16-7-10-18(11-8-16)29-24(31)14-12-20(25(29)19-5-3-4-6-23(19)35-2)26(32)28-17-9-13-21(27)22(15-17)30(33)34/h3-11,13,15,20,25H,12,14H2,1-2H3,(H,28,32). The van der Waals surface area contributed by atoms with E-state index in [0.717, 1.165) is 17.7 Å². The molecule has 3 aromatic carbocycles. The summed E-state index contributed by atoms with van der Waals surface area (Å²) in [5.74, 6) is -1.74. The van der Waals surface area contributed by atoms with Gasteiger partial charge in [0.15, 0.2) is 0 Å². The average molecular weight is 477 g/mol. The molecule has 3 aromatic rings. The van der Waals surface area contributed by atoms with E-state index in [1.54, 1.807) is 17.0 Å². The summed E-state index contributed by atoms with van der Waals surface area (Å²) in [5.41, 5.74) is 1.70. The largest absolute Gasteiger partial charge is 0.496 e. The molecule has 1 saturated heterocycles. The molecular formula is C26H24FN3O5. The lowest BCUT2D eigenvalue weighted by molar-refractivity contribution is -0.387. The van der Waals surface area contributed by atoms with E-state index in [4.69, 9.17) is 4.74 Å². The summed E-state index contributed by atoms with van der Waals surface area (Å²) in [7, 11) is 1.52. The van der Waals surface area contributed by atoms with E-state index in [1.165, 1.54) is 13.2 Å². The fraction of sp³-hybridized carbons (Fsp3) is 0.231. The molecule has 0 saturated carbocycles. The number of nitrogens with one attached hydrogen (secondary N) is 1. The van der Waals surface area contributed by atoms with Gasteiger partial charge in [-0.2, -0.15) is 4.39 Å². The number of benzene rings is 3. The zero-order chi connectivity index (χ0) is 25.1. The Kier molecular flexibility index (Phi) is 6.77. The molecule has 1 N–H and O–H groups in total. The van der Waals surface area contributed by atoms with E-state index in [-0.39, 0.29) is 24.4 Å². The predicted octanol–water partition coefficient (Wildman–Crippen LogP) is 5.17. The number of amides is 2. The summed E-state index contributed by atoms with van der Waals surface area (Å²) in [5, 5.41) is 13.8. The second-order valence-corrected chi connectivity index (χ2v) is 8.34. The first-order valence-electron chi connectivity index (χ1n) is 11.1. The van der Waals surface area contributed by atoms with Crippen molar-refractivity contribution in [2.24, 2.45) is 5.92 Å². The van der Waals surface area contributed by atoms with Crippen LogP contribution in [0.1, 0.15) is 30.0 Å². The van der Waals surface area contributed by atoms with Crippen LogP contribution in [-0.2, 0) is 9.59 Å². The molecule has 1 heterocycles. The number of ether oxygens (including phenoxy) is 1. The van der Waals surface area contributed by atoms with Crippen molar-refractivity contribution in [3.05, 3.63) is 93.8 Å². The van der Waals surface area contributed by atoms with Crippen molar-refractivity contribution in [2.45, 2.75) is 25.8 Å². The summed E-state index contributed by atoms with van der Waals surface area (Å²) >= 11 is 0. The van der Waals surface area contributed by atoms with Crippen LogP contribution in [0.3, 0.4) is 0 Å². The van der Waals surface area contributed by atoms with E-state index in [0.29, 0.717) is 17.0 Å². The number of halogens is 1. The van der Waals surface area contributed by atoms with E-state index in [1.807, 2.05) is 43.3 Å². The lowest BCUT2D eigenvalue weighted by atomic mass is 9.82. The molecule has 0 bridgehead atoms. The second kappa shape index (κ2) is 9.92. The molecule has 0 aliphatic carbocycles. The highest BCUT2D eigenvalue weighted by molar-refractivity contribution is 6.00. The van der Waals surface area contributed by atoms with Crippen molar-refractivity contribution in [2.75, 3.05) is 17.3 Å². The predicted molar refractivity (Wildman–Crippen MR) is 129 cm³/mol. The first-order chi connectivity index (χ1) is 16.8. The molecule has 1 aliphatic heterocycles. The maximum Gasteiger partial charge on any atom is 0.306 e. The Labute approximate surface area is 201 Å². The molecule has 0 radical (unpaired) electrons. The summed E-state index contributed by atoms with van der Waals surface area (Å²) in [6.45, 7) is 1.94. The van der Waals surface area contributed by atoms with Gasteiger partial charge in [0.1, 0.15) is 5.75 Å². The van der Waals surface area contributed by atoms with Crippen molar-refractivity contribution in [3.63, 3.8) is 0 Å². The summed E-state index contributed by atoms with van der Waals surface area (Å²) < 4.78 is 19.3. The number of nitro benzene ring substituents is 1. The zero-order valence-corrected chi connectivity index (χ0v) is 19.2. The minimum atomic E-state index is -0.992. The van der Waals surface area contributed by atoms with Gasteiger partial charge in [0.2, 0.25) is 17.6 Å². The SMILES string of the molecule is COc1ccccc1C1C(C(=O)Nc2ccc(F)c([N+](=O)[O-])c2)CCC(=O)N1c1ccc(C)cc1. The lowest BCUT2D eigenvalue weighted by Crippen LogP contribution is -2.47. The first-order valence-corrected chi connectivity index (χ1v) is 11.1. The molecule has 8 nitrogen and oxygen atoms in total. The number of nitro groups is 1. The molecule has 1 fully saturated rings. The van der Waals surface area contributed by atoms with Gasteiger partial charge in [0.05, 0.1) is 24.0 Å². The minimum absolute atomic E-state index is 0.0978. The molecule has 0 spiro atoms. The van der Waals surface area contributed by atoms with Crippen LogP contribution in [0.5, 0.6) is 5.75 Å². The van der Waals surface area contributed by atoms with Crippen LogP contribution >= 0.6 is 0 Å². The van der Waals surface area contributed by atoms with Gasteiger partial charge >= 0.3 is 5.69 Å². The Morgan fingerprint density at radius 1 is 1.14 bits per heavy atom. The molecule has 0 aromatic heterocycles. The number of hydrogen-bond donors (Lipinski definition) is 1. The van der Waals surface area contributed by atoms with Crippen molar-refractivity contribution in [3.8, 4) is 5.75 Å². The number of anilines is 2. The number of carbonyl (C=O) groups is 2. The number of para-hydroxylation sites is 1. The topological polar surface area (TPSA) is 102 Å². The average Bonchev–Trinajstić information content (AvgIpc) is 2.85. The highest BCUT2D eigenvalue weighted by Gasteiger charge is 2.42. The fourth-order valence-corrected chi connectivity index (χ4v) is 4.41. The lowest BCUT2D eigenvalue weighted by Gasteiger charge is -2.41. The van der Waals surface area contributed by atoms with Crippen LogP contribution in [0, 0.1) is 28.8 Å². The third kappa shape index (κ3) is 4.84. The van der Waals surface area contributed by atoms with Gasteiger partial charge in [0.25, 0.3) is 0 Å². The third-order valence-corrected chi connectivity index (χ3v) is 6.11. The van der Waals surface area contributed by atoms with Crippen molar-refractivity contribution in [1.82, 2.24) is 0 Å². The van der Waals surface area contributed by atoms with E-state index in [9.17, 15) is 24.1 Å². The van der Waals surface area contributed by atoms with Crippen molar-refractivity contribution < 1.29 is 23.6 Å². The Morgan fingerprint density at radius 2 is 1.86 bits per heavy atom. The van der Waals surface area contributed by atoms with Crippen LogP contribution in [0.25, 0.3) is 0 Å². The number of hydrogen-bond acceptors (Lipinski definition) is 5. The maximum atomic E-state index is 13.8. The van der Waals surface area contributed by atoms with Crippen LogP contribution in [0.15, 0.2) is 66.7 Å². The Balaban J connectivity index is 1.76. The number of aryl methyl sites for hydroxylation is 1. The minimum Gasteiger partial charge on any atom is -0.496 e. The molecule has 2 unspecified atom stereocenters. The molecule has 9 heteroatoms. The van der Waals surface area contributed by atoms with Gasteiger partial charge in [-0.15, -0.1) is 0 Å². The van der Waals surface area contributed by atoms with Gasteiger partial charge in [-0.05, 0) is 43.7 Å². The molecule has 4 rings (SSSR count). The number of methoxy groups -OCH3 is 1. The molecule has 2 amide bonds. The Morgan fingerprint density at radius 3 is 2.54 bits per heavy atom. The molecule has 180 valence electrons. The normalized spacial score (nSPS) is 17.7. The number of rotatable bonds is 6. The summed E-state index contributed by atoms with van der Waals surface area (Å²) in [6.07, 6.45) is 0.403. The first kappa shape index (κ1) is 23.9. The van der Waals surface area contributed by atoms with Crippen molar-refractivity contribution in [1.29, 1.82) is 0 Å². The van der Waals surface area contributed by atoms with Crippen molar-refractivity contribution >= 4 is 28.9 Å². The van der Waals surface area contributed by atoms with Crippen LogP contribution in [-0.4, -0.2) is 23.8 Å². The Hall–Kier alpha value is -4.27. The number of nitrogens with zero attached hydrogens (tertiary/aromatic N) is 2. The zero-order valence-electron chi connectivity index (χ0n) is 19.2. The van der Waals surface area contributed by atoms with Gasteiger partial charge in [0, 0.05) is 29.4 Å². The van der Waals surface area contributed by atoms with Gasteiger partial charge in [-0.1, -0.05) is 35.9 Å². The molecule has 35 heavy (non-hydrogen) atoms. The highest BCUT2D eigenvalue weighted by Crippen LogP contribution is 2.43. The van der Waals surface area contributed by atoms with Crippen LogP contribution in [0.2, 0.25) is 0 Å². The van der Waals surface area contributed by atoms with Crippen LogP contribution in [0.4, 0.5) is 21.5 Å². The highest BCUT2D eigenvalue weighted by atomic mass is 19.1. The second-order valence-electron chi connectivity index (χ2n) is 8.34. The molecule has 2 atom stereocenters. The van der Waals surface area contributed by atoms with E-state index in [2.05, 4.69) is 5.32 Å². The van der Waals surface area contributed by atoms with Gasteiger partial charge < -0.3 is 15.0 Å². The van der Waals surface area contributed by atoms with Gasteiger partial charge in [-0.25, -0.2) is 0 Å². The molecule has 1 aliphatic rings. The van der Waals surface area contributed by atoms with Gasteiger partial charge in [-0.3, -0.25) is 19.7 Å². The fourth-order valence-electron chi connectivity index (χ4n) is 4.41. The van der Waals surface area contributed by atoms with Crippen LogP contribution < -0.4 is 15.0 Å².